The maximum atomic E-state index is 12.4. The molecule has 0 aliphatic carbocycles. The molecule has 1 fully saturated rings. The van der Waals surface area contributed by atoms with Crippen LogP contribution >= 0.6 is 23.2 Å². The van der Waals surface area contributed by atoms with Crippen LogP contribution in [0.2, 0.25) is 10.0 Å². The van der Waals surface area contributed by atoms with Crippen LogP contribution in [0.15, 0.2) is 36.4 Å². The molecule has 10 heteroatoms. The lowest BCUT2D eigenvalue weighted by atomic mass is 9.74. The van der Waals surface area contributed by atoms with Gasteiger partial charge in [0.1, 0.15) is 12.0 Å². The van der Waals surface area contributed by atoms with Gasteiger partial charge in [-0.2, -0.15) is 5.26 Å². The number of likely N-dealkylation sites (tertiary alicyclic amines) is 1. The summed E-state index contributed by atoms with van der Waals surface area (Å²) in [7, 11) is 3.36. The van der Waals surface area contributed by atoms with Gasteiger partial charge in [0.25, 0.3) is 0 Å². The van der Waals surface area contributed by atoms with Crippen molar-refractivity contribution in [2.75, 3.05) is 40.3 Å². The molecular weight excluding hydrogens is 551 g/mol. The molecule has 0 spiro atoms. The predicted octanol–water partition coefficient (Wildman–Crippen LogP) is 4.66. The molecular formula is C30H36Cl2N4O4. The normalized spacial score (nSPS) is 15.7. The van der Waals surface area contributed by atoms with Crippen LogP contribution < -0.4 is 10.1 Å². The van der Waals surface area contributed by atoms with Gasteiger partial charge in [-0.3, -0.25) is 14.5 Å². The molecule has 3 rings (SSSR count). The Balaban J connectivity index is 1.58. The number of halogens is 2. The van der Waals surface area contributed by atoms with E-state index in [1.165, 1.54) is 0 Å². The molecule has 2 aromatic rings. The fraction of sp³-hybridized carbons (Fsp3) is 0.467. The highest BCUT2D eigenvalue weighted by Gasteiger charge is 2.38. The van der Waals surface area contributed by atoms with Gasteiger partial charge >= 0.3 is 0 Å². The van der Waals surface area contributed by atoms with E-state index >= 15 is 0 Å². The van der Waals surface area contributed by atoms with Crippen molar-refractivity contribution in [3.8, 4) is 11.8 Å². The number of likely N-dealkylation sites (N-methyl/N-ethyl adjacent to an activating group) is 2. The van der Waals surface area contributed by atoms with Crippen molar-refractivity contribution in [2.45, 2.75) is 50.1 Å². The maximum absolute atomic E-state index is 12.4. The lowest BCUT2D eigenvalue weighted by Crippen LogP contribution is -2.43. The number of benzene rings is 2. The summed E-state index contributed by atoms with van der Waals surface area (Å²) in [6.45, 7) is 3.11. The highest BCUT2D eigenvalue weighted by atomic mass is 35.5. The van der Waals surface area contributed by atoms with Gasteiger partial charge in [-0.1, -0.05) is 41.4 Å². The number of piperidine rings is 1. The molecule has 1 aliphatic rings. The zero-order chi connectivity index (χ0) is 29.1. The van der Waals surface area contributed by atoms with Gasteiger partial charge in [0, 0.05) is 47.7 Å². The molecule has 0 radical (unpaired) electrons. The molecule has 2 aromatic carbocycles. The summed E-state index contributed by atoms with van der Waals surface area (Å²) in [6, 6.07) is 12.7. The van der Waals surface area contributed by atoms with E-state index in [2.05, 4.69) is 16.3 Å². The van der Waals surface area contributed by atoms with Crippen molar-refractivity contribution in [1.82, 2.24) is 15.1 Å². The monoisotopic (exact) mass is 586 g/mol. The minimum atomic E-state index is -0.622. The number of carbonyl (C=O) groups is 3. The largest absolute Gasteiger partial charge is 0.493 e. The van der Waals surface area contributed by atoms with E-state index in [0.717, 1.165) is 44.2 Å². The lowest BCUT2D eigenvalue weighted by molar-refractivity contribution is -0.126. The minimum Gasteiger partial charge on any atom is -0.493 e. The van der Waals surface area contributed by atoms with Crippen molar-refractivity contribution in [1.29, 1.82) is 5.26 Å². The van der Waals surface area contributed by atoms with E-state index in [1.807, 2.05) is 17.0 Å². The highest BCUT2D eigenvalue weighted by molar-refractivity contribution is 6.35. The van der Waals surface area contributed by atoms with E-state index in [4.69, 9.17) is 27.9 Å². The van der Waals surface area contributed by atoms with Gasteiger partial charge in [-0.15, -0.1) is 0 Å². The zero-order valence-electron chi connectivity index (χ0n) is 23.0. The third-order valence-electron chi connectivity index (χ3n) is 7.59. The molecule has 214 valence electrons. The third kappa shape index (κ3) is 7.82. The van der Waals surface area contributed by atoms with Crippen molar-refractivity contribution >= 4 is 41.7 Å². The van der Waals surface area contributed by atoms with Crippen LogP contribution in [0.4, 0.5) is 0 Å². The highest BCUT2D eigenvalue weighted by Crippen LogP contribution is 2.39. The average molecular weight is 588 g/mol. The van der Waals surface area contributed by atoms with Crippen LogP contribution in [0.25, 0.3) is 0 Å². The molecule has 0 bridgehead atoms. The van der Waals surface area contributed by atoms with Gasteiger partial charge in [-0.25, -0.2) is 0 Å². The maximum Gasteiger partial charge on any atom is 0.237 e. The molecule has 1 unspecified atom stereocenters. The Morgan fingerprint density at radius 2 is 2.00 bits per heavy atom. The standard InChI is InChI=1S/C30H36Cl2N4O4/c1-34-29(39)27(7-4-16-37)35(2)19-24-22(20-38)6-3-8-28(24)40-17-5-13-36-14-11-30(21-33,12-15-36)25-10-9-23(31)18-26(25)32/h3,6,8-10,16,18,20,27H,4-5,7,11-15,17,19H2,1-2H3,(H,34,39). The summed E-state index contributed by atoms with van der Waals surface area (Å²) in [6.07, 6.45) is 4.36. The van der Waals surface area contributed by atoms with Crippen LogP contribution in [0.3, 0.4) is 0 Å². The summed E-state index contributed by atoms with van der Waals surface area (Å²) in [5.41, 5.74) is 1.42. The van der Waals surface area contributed by atoms with Crippen molar-refractivity contribution < 1.29 is 19.1 Å². The number of nitriles is 1. The summed E-state index contributed by atoms with van der Waals surface area (Å²) in [5, 5.41) is 13.8. The molecule has 1 saturated heterocycles. The number of aldehydes is 2. The fourth-order valence-electron chi connectivity index (χ4n) is 5.25. The second kappa shape index (κ2) is 15.2. The average Bonchev–Trinajstić information content (AvgIpc) is 2.96. The molecule has 8 nitrogen and oxygen atoms in total. The SMILES string of the molecule is CNC(=O)C(CCC=O)N(C)Cc1c(C=O)cccc1OCCCN1CCC(C#N)(c2ccc(Cl)cc2Cl)CC1. The van der Waals surface area contributed by atoms with Gasteiger partial charge in [0.2, 0.25) is 5.91 Å². The van der Waals surface area contributed by atoms with E-state index in [9.17, 15) is 19.6 Å². The first-order valence-corrected chi connectivity index (χ1v) is 14.2. The topological polar surface area (TPSA) is 103 Å². The molecule has 1 N–H and O–H groups in total. The molecule has 1 aliphatic heterocycles. The summed E-state index contributed by atoms with van der Waals surface area (Å²) in [5.74, 6) is 0.415. The van der Waals surface area contributed by atoms with Crippen LogP contribution in [0.5, 0.6) is 5.75 Å². The van der Waals surface area contributed by atoms with E-state index in [1.54, 1.807) is 38.4 Å². The second-order valence-corrected chi connectivity index (χ2v) is 10.9. The number of nitrogens with zero attached hydrogens (tertiary/aromatic N) is 3. The van der Waals surface area contributed by atoms with Crippen LogP contribution in [0.1, 0.15) is 53.6 Å². The molecule has 1 amide bonds. The second-order valence-electron chi connectivity index (χ2n) is 10.1. The Morgan fingerprint density at radius 1 is 1.25 bits per heavy atom. The first kappa shape index (κ1) is 31.6. The van der Waals surface area contributed by atoms with Gasteiger partial charge in [0.15, 0.2) is 6.29 Å². The number of hydrogen-bond acceptors (Lipinski definition) is 7. The Kier molecular flexibility index (Phi) is 12.0. The third-order valence-corrected chi connectivity index (χ3v) is 8.14. The Hall–Kier alpha value is -2.96. The van der Waals surface area contributed by atoms with Crippen LogP contribution in [0, 0.1) is 11.3 Å². The van der Waals surface area contributed by atoms with E-state index < -0.39 is 11.5 Å². The van der Waals surface area contributed by atoms with E-state index in [0.29, 0.717) is 59.3 Å². The Morgan fingerprint density at radius 3 is 2.62 bits per heavy atom. The number of rotatable bonds is 14. The summed E-state index contributed by atoms with van der Waals surface area (Å²) >= 11 is 12.5. The first-order chi connectivity index (χ1) is 19.3. The smallest absolute Gasteiger partial charge is 0.237 e. The Labute approximate surface area is 246 Å². The minimum absolute atomic E-state index is 0.185. The number of ether oxygens (including phenoxy) is 1. The van der Waals surface area contributed by atoms with E-state index in [-0.39, 0.29) is 12.3 Å². The number of amides is 1. The fourth-order valence-corrected chi connectivity index (χ4v) is 5.84. The summed E-state index contributed by atoms with van der Waals surface area (Å²) < 4.78 is 6.13. The quantitative estimate of drug-likeness (QED) is 0.254. The predicted molar refractivity (Wildman–Crippen MR) is 156 cm³/mol. The molecule has 40 heavy (non-hydrogen) atoms. The van der Waals surface area contributed by atoms with Gasteiger partial charge in [-0.05, 0) is 69.6 Å². The van der Waals surface area contributed by atoms with Crippen molar-refractivity contribution in [3.05, 3.63) is 63.1 Å². The Bertz CT molecular complexity index is 1220. The number of nitrogens with one attached hydrogen (secondary N) is 1. The molecule has 0 saturated carbocycles. The number of carbonyl (C=O) groups excluding carboxylic acids is 3. The van der Waals surface area contributed by atoms with Crippen molar-refractivity contribution in [3.63, 3.8) is 0 Å². The van der Waals surface area contributed by atoms with Crippen molar-refractivity contribution in [2.24, 2.45) is 0 Å². The van der Waals surface area contributed by atoms with Gasteiger partial charge < -0.3 is 19.7 Å². The van der Waals surface area contributed by atoms with Crippen LogP contribution in [-0.2, 0) is 21.5 Å². The van der Waals surface area contributed by atoms with Crippen LogP contribution in [-0.4, -0.2) is 74.7 Å². The first-order valence-electron chi connectivity index (χ1n) is 13.4. The molecule has 1 heterocycles. The lowest BCUT2D eigenvalue weighted by Gasteiger charge is -2.38. The summed E-state index contributed by atoms with van der Waals surface area (Å²) in [4.78, 5) is 39.3. The number of hydrogen-bond donors (Lipinski definition) is 1. The molecule has 0 aromatic heterocycles. The zero-order valence-corrected chi connectivity index (χ0v) is 24.5. The molecule has 1 atom stereocenters. The van der Waals surface area contributed by atoms with Gasteiger partial charge in [0.05, 0.1) is 24.1 Å².